The van der Waals surface area contributed by atoms with E-state index in [-0.39, 0.29) is 11.8 Å². The molecule has 0 atom stereocenters. The highest BCUT2D eigenvalue weighted by Gasteiger charge is 2.09. The molecular weight excluding hydrogens is 314 g/mol. The lowest BCUT2D eigenvalue weighted by Gasteiger charge is -2.09. The number of carbonyl (C=O) groups is 2. The number of anilines is 1. The summed E-state index contributed by atoms with van der Waals surface area (Å²) in [4.78, 5) is 24.3. The number of carbonyl (C=O) groups excluding carboxylic acids is 2. The summed E-state index contributed by atoms with van der Waals surface area (Å²) < 4.78 is 1.97. The van der Waals surface area contributed by atoms with Crippen LogP contribution in [0.5, 0.6) is 0 Å². The third-order valence-corrected chi connectivity index (χ3v) is 3.75. The molecule has 0 aliphatic carbocycles. The van der Waals surface area contributed by atoms with Crippen LogP contribution in [0.2, 0.25) is 0 Å². The van der Waals surface area contributed by atoms with Crippen molar-refractivity contribution in [1.82, 2.24) is 9.88 Å². The molecule has 0 radical (unpaired) electrons. The quantitative estimate of drug-likeness (QED) is 0.751. The molecule has 126 valence electrons. The topological polar surface area (TPSA) is 63.1 Å². The third-order valence-electron chi connectivity index (χ3n) is 3.75. The van der Waals surface area contributed by atoms with Crippen molar-refractivity contribution < 1.29 is 9.59 Å². The van der Waals surface area contributed by atoms with Crippen molar-refractivity contribution >= 4 is 17.5 Å². The minimum Gasteiger partial charge on any atom is -0.352 e. The lowest BCUT2D eigenvalue weighted by molar-refractivity contribution is 0.0954. The lowest BCUT2D eigenvalue weighted by atomic mass is 10.1. The van der Waals surface area contributed by atoms with E-state index in [2.05, 4.69) is 10.6 Å². The molecule has 0 spiro atoms. The predicted molar refractivity (Wildman–Crippen MR) is 98.2 cm³/mol. The fourth-order valence-electron chi connectivity index (χ4n) is 2.50. The number of rotatable bonds is 5. The zero-order chi connectivity index (χ0) is 17.6. The number of nitrogens with zero attached hydrogens (tertiary/aromatic N) is 1. The van der Waals surface area contributed by atoms with Gasteiger partial charge in [0.05, 0.1) is 0 Å². The average molecular weight is 333 g/mol. The Balaban J connectivity index is 1.72. The van der Waals surface area contributed by atoms with E-state index in [1.54, 1.807) is 36.4 Å². The Morgan fingerprint density at radius 1 is 0.880 bits per heavy atom. The number of aromatic nitrogens is 1. The fraction of sp³-hybridized carbons (Fsp3) is 0.100. The molecule has 3 aromatic rings. The van der Waals surface area contributed by atoms with E-state index in [0.29, 0.717) is 23.4 Å². The molecule has 5 nitrogen and oxygen atoms in total. The summed E-state index contributed by atoms with van der Waals surface area (Å²) in [5.41, 5.74) is 2.64. The van der Waals surface area contributed by atoms with Crippen LogP contribution in [0.25, 0.3) is 5.69 Å². The van der Waals surface area contributed by atoms with E-state index in [1.165, 1.54) is 0 Å². The molecule has 0 bridgehead atoms. The molecule has 2 N–H and O–H groups in total. The van der Waals surface area contributed by atoms with Crippen LogP contribution in [0, 0.1) is 0 Å². The number of amides is 2. The maximum absolute atomic E-state index is 12.4. The van der Waals surface area contributed by atoms with Crippen molar-refractivity contribution in [1.29, 1.82) is 0 Å². The van der Waals surface area contributed by atoms with Gasteiger partial charge in [-0.1, -0.05) is 6.07 Å². The van der Waals surface area contributed by atoms with Gasteiger partial charge in [-0.25, -0.2) is 0 Å². The minimum atomic E-state index is -0.216. The summed E-state index contributed by atoms with van der Waals surface area (Å²) in [5, 5.41) is 5.56. The van der Waals surface area contributed by atoms with Crippen LogP contribution in [-0.4, -0.2) is 22.9 Å². The zero-order valence-electron chi connectivity index (χ0n) is 13.9. The first-order valence-electron chi connectivity index (χ1n) is 8.10. The Bertz CT molecular complexity index is 868. The molecule has 0 aliphatic rings. The minimum absolute atomic E-state index is 0.158. The van der Waals surface area contributed by atoms with Gasteiger partial charge in [-0.05, 0) is 61.5 Å². The molecule has 0 saturated carbocycles. The molecule has 2 aromatic carbocycles. The highest BCUT2D eigenvalue weighted by molar-refractivity contribution is 6.05. The number of hydrogen-bond donors (Lipinski definition) is 2. The van der Waals surface area contributed by atoms with Crippen LogP contribution >= 0.6 is 0 Å². The van der Waals surface area contributed by atoms with Crippen molar-refractivity contribution in [3.63, 3.8) is 0 Å². The highest BCUT2D eigenvalue weighted by atomic mass is 16.2. The van der Waals surface area contributed by atoms with E-state index >= 15 is 0 Å². The molecule has 0 saturated heterocycles. The number of nitrogens with one attached hydrogen (secondary N) is 2. The number of benzene rings is 2. The van der Waals surface area contributed by atoms with Crippen molar-refractivity contribution in [3.8, 4) is 5.69 Å². The van der Waals surface area contributed by atoms with Crippen molar-refractivity contribution in [3.05, 3.63) is 84.2 Å². The third kappa shape index (κ3) is 3.95. The Morgan fingerprint density at radius 3 is 2.28 bits per heavy atom. The van der Waals surface area contributed by atoms with Gasteiger partial charge in [0, 0.05) is 41.4 Å². The average Bonchev–Trinajstić information content (AvgIpc) is 3.17. The van der Waals surface area contributed by atoms with Crippen molar-refractivity contribution in [2.45, 2.75) is 6.92 Å². The molecule has 2 amide bonds. The highest BCUT2D eigenvalue weighted by Crippen LogP contribution is 2.14. The van der Waals surface area contributed by atoms with Crippen LogP contribution in [0.15, 0.2) is 73.1 Å². The van der Waals surface area contributed by atoms with Crippen molar-refractivity contribution in [2.24, 2.45) is 0 Å². The largest absolute Gasteiger partial charge is 0.352 e. The van der Waals surface area contributed by atoms with Gasteiger partial charge in [0.2, 0.25) is 0 Å². The normalized spacial score (nSPS) is 10.3. The summed E-state index contributed by atoms with van der Waals surface area (Å²) in [7, 11) is 0. The molecule has 25 heavy (non-hydrogen) atoms. The Morgan fingerprint density at radius 2 is 1.60 bits per heavy atom. The summed E-state index contributed by atoms with van der Waals surface area (Å²) in [5.74, 6) is -0.373. The first-order valence-corrected chi connectivity index (χ1v) is 8.10. The van der Waals surface area contributed by atoms with Gasteiger partial charge in [-0.3, -0.25) is 9.59 Å². The lowest BCUT2D eigenvalue weighted by Crippen LogP contribution is -2.22. The van der Waals surface area contributed by atoms with E-state index in [0.717, 1.165) is 5.69 Å². The van der Waals surface area contributed by atoms with Gasteiger partial charge in [0.15, 0.2) is 0 Å². The summed E-state index contributed by atoms with van der Waals surface area (Å²) in [6.07, 6.45) is 3.89. The summed E-state index contributed by atoms with van der Waals surface area (Å²) >= 11 is 0. The van der Waals surface area contributed by atoms with Gasteiger partial charge in [0.1, 0.15) is 0 Å². The first-order chi connectivity index (χ1) is 12.2. The SMILES string of the molecule is CCNC(=O)c1cccc(NC(=O)c2ccc(-n3cccc3)cc2)c1. The predicted octanol–water partition coefficient (Wildman–Crippen LogP) is 3.48. The number of hydrogen-bond acceptors (Lipinski definition) is 2. The van der Waals surface area contributed by atoms with Crippen LogP contribution < -0.4 is 10.6 Å². The maximum atomic E-state index is 12.4. The molecule has 0 aliphatic heterocycles. The van der Waals surface area contributed by atoms with Crippen LogP contribution in [0.3, 0.4) is 0 Å². The summed E-state index contributed by atoms with van der Waals surface area (Å²) in [6.45, 7) is 2.42. The molecular formula is C20H19N3O2. The Hall–Kier alpha value is -3.34. The van der Waals surface area contributed by atoms with E-state index in [4.69, 9.17) is 0 Å². The van der Waals surface area contributed by atoms with Gasteiger partial charge in [0.25, 0.3) is 11.8 Å². The van der Waals surface area contributed by atoms with Crippen LogP contribution in [0.4, 0.5) is 5.69 Å². The van der Waals surface area contributed by atoms with E-state index < -0.39 is 0 Å². The monoisotopic (exact) mass is 333 g/mol. The van der Waals surface area contributed by atoms with Crippen LogP contribution in [-0.2, 0) is 0 Å². The summed E-state index contributed by atoms with van der Waals surface area (Å²) in [6, 6.07) is 18.1. The molecule has 5 heteroatoms. The second kappa shape index (κ2) is 7.49. The van der Waals surface area contributed by atoms with Gasteiger partial charge in [-0.2, -0.15) is 0 Å². The van der Waals surface area contributed by atoms with E-state index in [9.17, 15) is 9.59 Å². The van der Waals surface area contributed by atoms with E-state index in [1.807, 2.05) is 48.1 Å². The maximum Gasteiger partial charge on any atom is 0.255 e. The molecule has 3 rings (SSSR count). The Kier molecular flexibility index (Phi) is 4.95. The molecule has 1 heterocycles. The molecule has 0 unspecified atom stereocenters. The molecule has 1 aromatic heterocycles. The second-order valence-corrected chi connectivity index (χ2v) is 5.53. The second-order valence-electron chi connectivity index (χ2n) is 5.53. The van der Waals surface area contributed by atoms with Gasteiger partial charge in [-0.15, -0.1) is 0 Å². The standard InChI is InChI=1S/C20H19N3O2/c1-2-21-19(24)16-6-5-7-17(14-16)22-20(25)15-8-10-18(11-9-15)23-12-3-4-13-23/h3-14H,2H2,1H3,(H,21,24)(H,22,25). The zero-order valence-corrected chi connectivity index (χ0v) is 13.9. The smallest absolute Gasteiger partial charge is 0.255 e. The Labute approximate surface area is 146 Å². The van der Waals surface area contributed by atoms with Gasteiger partial charge >= 0.3 is 0 Å². The van der Waals surface area contributed by atoms with Crippen LogP contribution in [0.1, 0.15) is 27.6 Å². The first kappa shape index (κ1) is 16.5. The molecule has 0 fully saturated rings. The van der Waals surface area contributed by atoms with Crippen molar-refractivity contribution in [2.75, 3.05) is 11.9 Å². The van der Waals surface area contributed by atoms with Gasteiger partial charge < -0.3 is 15.2 Å². The fourth-order valence-corrected chi connectivity index (χ4v) is 2.50.